The molecule has 0 radical (unpaired) electrons. The molecule has 0 fully saturated rings. The summed E-state index contributed by atoms with van der Waals surface area (Å²) in [4.78, 5) is 7.32. The molecule has 0 bridgehead atoms. The van der Waals surface area contributed by atoms with E-state index in [1.54, 1.807) is 31.3 Å². The first-order valence-corrected chi connectivity index (χ1v) is 9.82. The molecule has 1 heterocycles. The Bertz CT molecular complexity index is 1040. The predicted octanol–water partition coefficient (Wildman–Crippen LogP) is 4.49. The van der Waals surface area contributed by atoms with Crippen LogP contribution in [0.1, 0.15) is 11.1 Å². The van der Waals surface area contributed by atoms with Gasteiger partial charge in [0.15, 0.2) is 17.5 Å². The Labute approximate surface area is 201 Å². The molecule has 0 aliphatic carbocycles. The van der Waals surface area contributed by atoms with Crippen molar-refractivity contribution in [2.45, 2.75) is 19.5 Å². The van der Waals surface area contributed by atoms with E-state index in [4.69, 9.17) is 4.74 Å². The molecule has 0 atom stereocenters. The summed E-state index contributed by atoms with van der Waals surface area (Å²) in [6.45, 7) is -1.77. The first kappa shape index (κ1) is 25.6. The van der Waals surface area contributed by atoms with Crippen LogP contribution in [0.5, 0.6) is 11.5 Å². The van der Waals surface area contributed by atoms with Crippen LogP contribution in [0.2, 0.25) is 0 Å². The number of hydrogen-bond acceptors (Lipinski definition) is 3. The molecule has 0 saturated heterocycles. The summed E-state index contributed by atoms with van der Waals surface area (Å²) < 4.78 is 48.2. The monoisotopic (exact) mass is 562 g/mol. The zero-order valence-electron chi connectivity index (χ0n) is 17.8. The van der Waals surface area contributed by atoms with Crippen LogP contribution in [0.15, 0.2) is 47.6 Å². The minimum Gasteiger partial charge on any atom is -0.493 e. The topological polar surface area (TPSA) is 70.7 Å². The van der Waals surface area contributed by atoms with Crippen molar-refractivity contribution in [3.63, 3.8) is 0 Å². The molecule has 32 heavy (non-hydrogen) atoms. The molecule has 2 aromatic carbocycles. The van der Waals surface area contributed by atoms with E-state index in [2.05, 4.69) is 25.3 Å². The molecule has 0 unspecified atom stereocenters. The number of rotatable bonds is 9. The molecule has 1 aromatic heterocycles. The fourth-order valence-corrected chi connectivity index (χ4v) is 3.28. The van der Waals surface area contributed by atoms with E-state index in [1.165, 1.54) is 19.2 Å². The maximum absolute atomic E-state index is 13.5. The summed E-state index contributed by atoms with van der Waals surface area (Å²) in [5, 5.41) is 7.27. The first-order chi connectivity index (χ1) is 15.0. The molecular formula is C22H26F3IN4O2. The van der Waals surface area contributed by atoms with Gasteiger partial charge in [0.05, 0.1) is 7.11 Å². The standard InChI is InChI=1S/C22H25F3N4O2.HI/c1-26-22(28-10-8-15-13-29-18-5-4-16(23)12-17(15)18)27-9-7-14-3-6-19(30-2)20(11-14)31-21(24)25;/h3-6,11-13,21,29H,7-10H2,1-2H3,(H2,26,27,28);1H. The van der Waals surface area contributed by atoms with Gasteiger partial charge >= 0.3 is 6.61 Å². The van der Waals surface area contributed by atoms with Crippen LogP contribution in [0, 0.1) is 5.82 Å². The Balaban J connectivity index is 0.00000363. The third-order valence-electron chi connectivity index (χ3n) is 4.79. The van der Waals surface area contributed by atoms with Gasteiger partial charge in [0.25, 0.3) is 0 Å². The summed E-state index contributed by atoms with van der Waals surface area (Å²) in [5.74, 6) is 0.613. The van der Waals surface area contributed by atoms with Gasteiger partial charge in [-0.15, -0.1) is 24.0 Å². The van der Waals surface area contributed by atoms with Gasteiger partial charge in [0.1, 0.15) is 5.82 Å². The van der Waals surface area contributed by atoms with Crippen molar-refractivity contribution in [1.29, 1.82) is 0 Å². The minimum atomic E-state index is -2.92. The number of halogens is 4. The van der Waals surface area contributed by atoms with Crippen LogP contribution in [-0.4, -0.2) is 44.8 Å². The number of alkyl halides is 2. The highest BCUT2D eigenvalue weighted by atomic mass is 127. The molecule has 3 rings (SSSR count). The van der Waals surface area contributed by atoms with Gasteiger partial charge in [-0.05, 0) is 54.3 Å². The molecule has 0 aliphatic heterocycles. The van der Waals surface area contributed by atoms with Crippen molar-refractivity contribution in [2.24, 2.45) is 4.99 Å². The number of hydrogen-bond donors (Lipinski definition) is 3. The van der Waals surface area contributed by atoms with E-state index < -0.39 is 6.61 Å². The molecule has 3 aromatic rings. The van der Waals surface area contributed by atoms with Crippen LogP contribution in [0.3, 0.4) is 0 Å². The lowest BCUT2D eigenvalue weighted by Crippen LogP contribution is -2.39. The zero-order valence-corrected chi connectivity index (χ0v) is 20.1. The number of aromatic nitrogens is 1. The van der Waals surface area contributed by atoms with Crippen LogP contribution >= 0.6 is 24.0 Å². The van der Waals surface area contributed by atoms with Crippen molar-refractivity contribution in [2.75, 3.05) is 27.2 Å². The van der Waals surface area contributed by atoms with Gasteiger partial charge in [0, 0.05) is 37.2 Å². The lowest BCUT2D eigenvalue weighted by molar-refractivity contribution is -0.0512. The first-order valence-electron chi connectivity index (χ1n) is 9.82. The molecule has 3 N–H and O–H groups in total. The number of H-pyrrole nitrogens is 1. The van der Waals surface area contributed by atoms with Gasteiger partial charge in [0.2, 0.25) is 0 Å². The van der Waals surface area contributed by atoms with Crippen molar-refractivity contribution in [3.05, 3.63) is 59.5 Å². The van der Waals surface area contributed by atoms with E-state index in [0.29, 0.717) is 31.9 Å². The summed E-state index contributed by atoms with van der Waals surface area (Å²) in [5.41, 5.74) is 2.73. The number of nitrogens with zero attached hydrogens (tertiary/aromatic N) is 1. The fraction of sp³-hybridized carbons (Fsp3) is 0.318. The Hall–Kier alpha value is -2.63. The van der Waals surface area contributed by atoms with Crippen LogP contribution in [-0.2, 0) is 12.8 Å². The molecule has 0 saturated carbocycles. The molecule has 6 nitrogen and oxygen atoms in total. The number of nitrogens with one attached hydrogen (secondary N) is 3. The maximum Gasteiger partial charge on any atom is 0.387 e. The number of benzene rings is 2. The Morgan fingerprint density at radius 2 is 1.81 bits per heavy atom. The van der Waals surface area contributed by atoms with Crippen LogP contribution in [0.25, 0.3) is 10.9 Å². The lowest BCUT2D eigenvalue weighted by atomic mass is 10.1. The molecule has 0 spiro atoms. The smallest absolute Gasteiger partial charge is 0.387 e. The normalized spacial score (nSPS) is 11.4. The number of ether oxygens (including phenoxy) is 2. The third-order valence-corrected chi connectivity index (χ3v) is 4.79. The van der Waals surface area contributed by atoms with Crippen molar-refractivity contribution in [1.82, 2.24) is 15.6 Å². The zero-order chi connectivity index (χ0) is 22.2. The second-order valence-electron chi connectivity index (χ2n) is 6.79. The van der Waals surface area contributed by atoms with Gasteiger partial charge in [-0.1, -0.05) is 6.07 Å². The number of fused-ring (bicyclic) bond motifs is 1. The van der Waals surface area contributed by atoms with Gasteiger partial charge < -0.3 is 25.1 Å². The molecule has 0 amide bonds. The molecule has 10 heteroatoms. The fourth-order valence-electron chi connectivity index (χ4n) is 3.28. The van der Waals surface area contributed by atoms with Crippen LogP contribution < -0.4 is 20.1 Å². The van der Waals surface area contributed by atoms with Gasteiger partial charge in [-0.2, -0.15) is 8.78 Å². The van der Waals surface area contributed by atoms with Gasteiger partial charge in [-0.25, -0.2) is 4.39 Å². The second-order valence-corrected chi connectivity index (χ2v) is 6.79. The predicted molar refractivity (Wildman–Crippen MR) is 130 cm³/mol. The van der Waals surface area contributed by atoms with E-state index >= 15 is 0 Å². The summed E-state index contributed by atoms with van der Waals surface area (Å²) in [6.07, 6.45) is 3.15. The summed E-state index contributed by atoms with van der Waals surface area (Å²) >= 11 is 0. The average Bonchev–Trinajstić information content (AvgIpc) is 3.14. The van der Waals surface area contributed by atoms with Gasteiger partial charge in [-0.3, -0.25) is 4.99 Å². The summed E-state index contributed by atoms with van der Waals surface area (Å²) in [6, 6.07) is 9.61. The van der Waals surface area contributed by atoms with E-state index in [1.807, 2.05) is 6.20 Å². The van der Waals surface area contributed by atoms with Crippen molar-refractivity contribution in [3.8, 4) is 11.5 Å². The number of aromatic amines is 1. The quantitative estimate of drug-likeness (QED) is 0.204. The van der Waals surface area contributed by atoms with E-state index in [0.717, 1.165) is 22.0 Å². The molecule has 174 valence electrons. The Kier molecular flexibility index (Phi) is 9.95. The Morgan fingerprint density at radius 1 is 1.06 bits per heavy atom. The number of methoxy groups -OCH3 is 1. The van der Waals surface area contributed by atoms with Crippen molar-refractivity contribution < 1.29 is 22.6 Å². The second kappa shape index (κ2) is 12.4. The number of guanidine groups is 1. The lowest BCUT2D eigenvalue weighted by Gasteiger charge is -2.13. The van der Waals surface area contributed by atoms with Crippen molar-refractivity contribution >= 4 is 40.8 Å². The highest BCUT2D eigenvalue weighted by Gasteiger charge is 2.11. The highest BCUT2D eigenvalue weighted by Crippen LogP contribution is 2.29. The van der Waals surface area contributed by atoms with Crippen LogP contribution in [0.4, 0.5) is 13.2 Å². The van der Waals surface area contributed by atoms with E-state index in [9.17, 15) is 13.2 Å². The average molecular weight is 562 g/mol. The third kappa shape index (κ3) is 6.94. The SMILES string of the molecule is CN=C(NCCc1ccc(OC)c(OC(F)F)c1)NCCc1c[nH]c2ccc(F)cc12.I. The molecule has 0 aliphatic rings. The minimum absolute atomic E-state index is 0. The summed E-state index contributed by atoms with van der Waals surface area (Å²) in [7, 11) is 3.07. The maximum atomic E-state index is 13.5. The van der Waals surface area contributed by atoms with E-state index in [-0.39, 0.29) is 41.3 Å². The Morgan fingerprint density at radius 3 is 2.50 bits per heavy atom. The largest absolute Gasteiger partial charge is 0.493 e. The highest BCUT2D eigenvalue weighted by molar-refractivity contribution is 14.0. The molecular weight excluding hydrogens is 536 g/mol. The number of aliphatic imine (C=N–C) groups is 1.